The van der Waals surface area contributed by atoms with Crippen molar-refractivity contribution in [2.24, 2.45) is 10.7 Å². The molecule has 2 fully saturated rings. The van der Waals surface area contributed by atoms with Gasteiger partial charge in [-0.15, -0.1) is 0 Å². The molecule has 0 amide bonds. The van der Waals surface area contributed by atoms with Gasteiger partial charge in [-0.2, -0.15) is 0 Å². The minimum Gasteiger partial charge on any atom is -0.489 e. The maximum absolute atomic E-state index is 6.53. The number of hydrogen-bond donors (Lipinski definition) is 1. The van der Waals surface area contributed by atoms with Crippen molar-refractivity contribution in [1.29, 1.82) is 0 Å². The van der Waals surface area contributed by atoms with E-state index in [4.69, 9.17) is 20.2 Å². The third-order valence-electron chi connectivity index (χ3n) is 6.53. The van der Waals surface area contributed by atoms with Gasteiger partial charge in [-0.1, -0.05) is 0 Å². The van der Waals surface area contributed by atoms with Gasteiger partial charge in [0.15, 0.2) is 0 Å². The summed E-state index contributed by atoms with van der Waals surface area (Å²) in [6.07, 6.45) is 11.7. The monoisotopic (exact) mass is 383 g/mol. The molecule has 3 aliphatic rings. The number of aliphatic imine (C=N–C) groups is 1. The molecule has 2 aliphatic heterocycles. The second-order valence-electron chi connectivity index (χ2n) is 8.35. The maximum Gasteiger partial charge on any atom is 0.132 e. The van der Waals surface area contributed by atoms with Crippen LogP contribution in [0.1, 0.15) is 56.6 Å². The predicted octanol–water partition coefficient (Wildman–Crippen LogP) is 3.94. The molecule has 1 unspecified atom stereocenters. The number of allylic oxidation sites excluding steroid dienone is 1. The van der Waals surface area contributed by atoms with Crippen LogP contribution in [0, 0.1) is 0 Å². The summed E-state index contributed by atoms with van der Waals surface area (Å²) in [5.41, 5.74) is 10.7. The van der Waals surface area contributed by atoms with E-state index < -0.39 is 0 Å². The number of fused-ring (bicyclic) bond motifs is 1. The highest BCUT2D eigenvalue weighted by atomic mass is 16.5. The summed E-state index contributed by atoms with van der Waals surface area (Å²) in [5, 5.41) is 0. The van der Waals surface area contributed by atoms with Crippen LogP contribution in [0.2, 0.25) is 0 Å². The van der Waals surface area contributed by atoms with Gasteiger partial charge in [0.05, 0.1) is 12.1 Å². The van der Waals surface area contributed by atoms with Crippen LogP contribution in [-0.2, 0) is 11.2 Å². The van der Waals surface area contributed by atoms with E-state index in [-0.39, 0.29) is 0 Å². The lowest BCUT2D eigenvalue weighted by Crippen LogP contribution is -2.34. The SMILES string of the molecule is CC1CCc2c(ccc(C(C=NC3CCOCC3)=CN)c2OC2CCC2)N1C. The number of anilines is 1. The first kappa shape index (κ1) is 19.3. The van der Waals surface area contributed by atoms with Crippen molar-refractivity contribution >= 4 is 17.5 Å². The molecule has 0 spiro atoms. The summed E-state index contributed by atoms with van der Waals surface area (Å²) >= 11 is 0. The van der Waals surface area contributed by atoms with Gasteiger partial charge in [-0.3, -0.25) is 4.99 Å². The zero-order valence-corrected chi connectivity index (χ0v) is 17.2. The van der Waals surface area contributed by atoms with Crippen LogP contribution in [0.25, 0.3) is 5.57 Å². The lowest BCUT2D eigenvalue weighted by Gasteiger charge is -2.37. The Labute approximate surface area is 168 Å². The molecule has 1 saturated heterocycles. The Hall–Kier alpha value is -2.01. The number of benzene rings is 1. The number of nitrogens with zero attached hydrogens (tertiary/aromatic N) is 2. The van der Waals surface area contributed by atoms with Crippen molar-refractivity contribution < 1.29 is 9.47 Å². The molecule has 4 rings (SSSR count). The van der Waals surface area contributed by atoms with E-state index in [1.807, 2.05) is 6.21 Å². The van der Waals surface area contributed by atoms with Gasteiger partial charge in [-0.05, 0) is 64.0 Å². The van der Waals surface area contributed by atoms with Gasteiger partial charge in [0.2, 0.25) is 0 Å². The van der Waals surface area contributed by atoms with Gasteiger partial charge in [-0.25, -0.2) is 0 Å². The Bertz CT molecular complexity index is 748. The van der Waals surface area contributed by atoms with E-state index in [2.05, 4.69) is 31.0 Å². The van der Waals surface area contributed by atoms with E-state index >= 15 is 0 Å². The van der Waals surface area contributed by atoms with Crippen molar-refractivity contribution in [2.45, 2.75) is 70.1 Å². The molecule has 2 N–H and O–H groups in total. The van der Waals surface area contributed by atoms with Crippen LogP contribution in [-0.4, -0.2) is 44.7 Å². The molecular formula is C23H33N3O2. The summed E-state index contributed by atoms with van der Waals surface area (Å²) in [5.74, 6) is 1.02. The lowest BCUT2D eigenvalue weighted by atomic mass is 9.91. The fourth-order valence-electron chi connectivity index (χ4n) is 4.21. The standard InChI is InChI=1S/C23H33N3O2/c1-16-6-7-21-22(26(16)2)9-8-20(23(21)28-19-4-3-5-19)17(14-24)15-25-18-10-12-27-13-11-18/h8-9,14-16,18-19H,3-7,10-13,24H2,1-2H3. The summed E-state index contributed by atoms with van der Waals surface area (Å²) < 4.78 is 12.0. The molecule has 1 aromatic carbocycles. The minimum absolute atomic E-state index is 0.323. The van der Waals surface area contributed by atoms with E-state index in [1.165, 1.54) is 17.7 Å². The number of ether oxygens (including phenoxy) is 2. The quantitative estimate of drug-likeness (QED) is 0.783. The highest BCUT2D eigenvalue weighted by Crippen LogP contribution is 2.42. The Kier molecular flexibility index (Phi) is 5.90. The second-order valence-corrected chi connectivity index (χ2v) is 8.35. The molecular weight excluding hydrogens is 350 g/mol. The second kappa shape index (κ2) is 8.56. The van der Waals surface area contributed by atoms with Crippen LogP contribution < -0.4 is 15.4 Å². The van der Waals surface area contributed by atoms with Gasteiger partial charge >= 0.3 is 0 Å². The molecule has 1 aliphatic carbocycles. The largest absolute Gasteiger partial charge is 0.489 e. The summed E-state index contributed by atoms with van der Waals surface area (Å²) in [7, 11) is 2.18. The molecule has 1 atom stereocenters. The van der Waals surface area contributed by atoms with E-state index in [0.29, 0.717) is 18.2 Å². The minimum atomic E-state index is 0.323. The molecule has 5 nitrogen and oxygen atoms in total. The van der Waals surface area contributed by atoms with E-state index in [1.54, 1.807) is 6.20 Å². The van der Waals surface area contributed by atoms with Crippen molar-refractivity contribution in [3.05, 3.63) is 29.5 Å². The number of nitrogens with two attached hydrogens (primary N) is 1. The molecule has 1 saturated carbocycles. The molecule has 152 valence electrons. The van der Waals surface area contributed by atoms with Crippen molar-refractivity contribution in [3.63, 3.8) is 0 Å². The Morgan fingerprint density at radius 3 is 2.68 bits per heavy atom. The molecule has 0 radical (unpaired) electrons. The first-order valence-corrected chi connectivity index (χ1v) is 10.8. The van der Waals surface area contributed by atoms with Crippen LogP contribution in [0.3, 0.4) is 0 Å². The van der Waals surface area contributed by atoms with Gasteiger partial charge in [0, 0.05) is 61.1 Å². The Balaban J connectivity index is 1.67. The highest BCUT2D eigenvalue weighted by molar-refractivity contribution is 6.11. The molecule has 5 heteroatoms. The van der Waals surface area contributed by atoms with Crippen molar-refractivity contribution in [2.75, 3.05) is 25.2 Å². The molecule has 2 heterocycles. The number of hydrogen-bond acceptors (Lipinski definition) is 5. The van der Waals surface area contributed by atoms with E-state index in [0.717, 1.165) is 68.6 Å². The summed E-state index contributed by atoms with van der Waals surface area (Å²) in [6, 6.07) is 5.26. The normalized spacial score (nSPS) is 24.3. The van der Waals surface area contributed by atoms with Gasteiger partial charge in [0.1, 0.15) is 5.75 Å². The Morgan fingerprint density at radius 2 is 2.00 bits per heavy atom. The lowest BCUT2D eigenvalue weighted by molar-refractivity contribution is 0.0872. The Morgan fingerprint density at radius 1 is 1.21 bits per heavy atom. The zero-order valence-electron chi connectivity index (χ0n) is 17.2. The topological polar surface area (TPSA) is 60.1 Å². The van der Waals surface area contributed by atoms with Crippen LogP contribution in [0.5, 0.6) is 5.75 Å². The highest BCUT2D eigenvalue weighted by Gasteiger charge is 2.28. The molecule has 0 aromatic heterocycles. The zero-order chi connectivity index (χ0) is 19.5. The van der Waals surface area contributed by atoms with Crippen LogP contribution in [0.15, 0.2) is 23.3 Å². The third kappa shape index (κ3) is 3.90. The van der Waals surface area contributed by atoms with Crippen molar-refractivity contribution in [3.8, 4) is 5.75 Å². The average Bonchev–Trinajstić information content (AvgIpc) is 2.69. The van der Waals surface area contributed by atoms with Crippen LogP contribution >= 0.6 is 0 Å². The van der Waals surface area contributed by atoms with Crippen LogP contribution in [0.4, 0.5) is 5.69 Å². The van der Waals surface area contributed by atoms with Gasteiger partial charge in [0.25, 0.3) is 0 Å². The summed E-state index contributed by atoms with van der Waals surface area (Å²) in [4.78, 5) is 7.18. The number of rotatable bonds is 5. The molecule has 1 aromatic rings. The van der Waals surface area contributed by atoms with Gasteiger partial charge < -0.3 is 20.1 Å². The first-order valence-electron chi connectivity index (χ1n) is 10.8. The van der Waals surface area contributed by atoms with E-state index in [9.17, 15) is 0 Å². The average molecular weight is 384 g/mol. The smallest absolute Gasteiger partial charge is 0.132 e. The molecule has 28 heavy (non-hydrogen) atoms. The predicted molar refractivity (Wildman–Crippen MR) is 115 cm³/mol. The fraction of sp³-hybridized carbons (Fsp3) is 0.609. The summed E-state index contributed by atoms with van der Waals surface area (Å²) in [6.45, 7) is 3.88. The first-order chi connectivity index (χ1) is 13.7. The third-order valence-corrected chi connectivity index (χ3v) is 6.53. The molecule has 0 bridgehead atoms. The maximum atomic E-state index is 6.53. The van der Waals surface area contributed by atoms with Crippen molar-refractivity contribution in [1.82, 2.24) is 0 Å². The fourth-order valence-corrected chi connectivity index (χ4v) is 4.21.